The van der Waals surface area contributed by atoms with Crippen molar-refractivity contribution in [1.29, 1.82) is 0 Å². The molecular formula is C20H17P. The summed E-state index contributed by atoms with van der Waals surface area (Å²) in [7, 11) is 0.657. The fourth-order valence-corrected chi connectivity index (χ4v) is 3.42. The zero-order valence-corrected chi connectivity index (χ0v) is 12.7. The average Bonchev–Trinajstić information content (AvgIpc) is 2.68. The number of hydrogen-bond donors (Lipinski definition) is 0. The third-order valence-electron chi connectivity index (χ3n) is 3.34. The Morgan fingerprint density at radius 2 is 1.00 bits per heavy atom. The predicted octanol–water partition coefficient (Wildman–Crippen LogP) is 6.18. The second-order valence-corrected chi connectivity index (χ2v) is 5.89. The van der Waals surface area contributed by atoms with Crippen LogP contribution in [0.25, 0.3) is 22.0 Å². The van der Waals surface area contributed by atoms with E-state index < -0.39 is 0 Å². The van der Waals surface area contributed by atoms with Crippen molar-refractivity contribution in [3.8, 4) is 22.0 Å². The zero-order chi connectivity index (χ0) is 14.3. The second-order valence-electron chi connectivity index (χ2n) is 4.77. The molecule has 0 bridgehead atoms. The van der Waals surface area contributed by atoms with Gasteiger partial charge in [0, 0.05) is 5.30 Å². The minimum Gasteiger partial charge on any atom is -0.131 e. The molecule has 0 fully saturated rings. The Bertz CT molecular complexity index is 676. The fraction of sp³-hybridized carbons (Fsp3) is 0. The van der Waals surface area contributed by atoms with Crippen LogP contribution in [0.15, 0.2) is 96.8 Å². The van der Waals surface area contributed by atoms with Crippen LogP contribution in [0.4, 0.5) is 0 Å². The van der Waals surface area contributed by atoms with Gasteiger partial charge in [0.2, 0.25) is 0 Å². The lowest BCUT2D eigenvalue weighted by Gasteiger charge is -2.08. The van der Waals surface area contributed by atoms with Gasteiger partial charge in [0.25, 0.3) is 0 Å². The first-order valence-electron chi connectivity index (χ1n) is 7.07. The Kier molecular flexibility index (Phi) is 4.51. The summed E-state index contributed by atoms with van der Waals surface area (Å²) in [6.45, 7) is 0. The van der Waals surface area contributed by atoms with Gasteiger partial charge in [-0.1, -0.05) is 91.0 Å². The van der Waals surface area contributed by atoms with Gasteiger partial charge < -0.3 is 0 Å². The van der Waals surface area contributed by atoms with Gasteiger partial charge in [0.15, 0.2) is 0 Å². The van der Waals surface area contributed by atoms with Crippen molar-refractivity contribution >= 4 is 8.19 Å². The molecule has 3 aromatic rings. The molecule has 0 aliphatic carbocycles. The van der Waals surface area contributed by atoms with E-state index in [1.807, 2.05) is 0 Å². The largest absolute Gasteiger partial charge is 0.131 e. The maximum Gasteiger partial charge on any atom is 0.00599 e. The molecule has 0 amide bonds. The molecule has 0 nitrogen and oxygen atoms in total. The Labute approximate surface area is 127 Å². The highest BCUT2D eigenvalue weighted by Crippen LogP contribution is 2.35. The molecule has 0 aliphatic heterocycles. The van der Waals surface area contributed by atoms with Crippen molar-refractivity contribution in [2.75, 3.05) is 0 Å². The molecule has 1 atom stereocenters. The van der Waals surface area contributed by atoms with Crippen molar-refractivity contribution in [3.05, 3.63) is 96.8 Å². The highest BCUT2D eigenvalue weighted by Gasteiger charge is 2.04. The fourth-order valence-electron chi connectivity index (χ4n) is 2.33. The van der Waals surface area contributed by atoms with Crippen LogP contribution in [0, 0.1) is 0 Å². The van der Waals surface area contributed by atoms with Crippen LogP contribution in [0.5, 0.6) is 0 Å². The first-order chi connectivity index (χ1) is 10.4. The molecule has 0 spiro atoms. The van der Waals surface area contributed by atoms with E-state index in [0.717, 1.165) is 0 Å². The third kappa shape index (κ3) is 3.42. The summed E-state index contributed by atoms with van der Waals surface area (Å²) < 4.78 is 0. The van der Waals surface area contributed by atoms with Gasteiger partial charge in [0.05, 0.1) is 0 Å². The summed E-state index contributed by atoms with van der Waals surface area (Å²) in [6.07, 6.45) is 0. The first kappa shape index (κ1) is 13.7. The molecule has 3 rings (SSSR count). The van der Waals surface area contributed by atoms with Crippen molar-refractivity contribution in [2.24, 2.45) is 0 Å². The molecule has 0 aliphatic rings. The number of benzene rings is 2. The van der Waals surface area contributed by atoms with Crippen molar-refractivity contribution in [3.63, 3.8) is 0 Å². The smallest absolute Gasteiger partial charge is 0.00599 e. The maximum atomic E-state index is 2.24. The third-order valence-corrected chi connectivity index (χ3v) is 4.54. The van der Waals surface area contributed by atoms with Crippen molar-refractivity contribution in [2.45, 2.75) is 0 Å². The van der Waals surface area contributed by atoms with Crippen LogP contribution in [-0.2, 0) is 0 Å². The Hall–Kier alpha value is -2.30. The minimum absolute atomic E-state index is 0.657. The summed E-state index contributed by atoms with van der Waals surface area (Å²) in [6, 6.07) is 31.9. The summed E-state index contributed by atoms with van der Waals surface area (Å²) in [5.41, 5.74) is 3.87. The highest BCUT2D eigenvalue weighted by atomic mass is 31.0. The van der Waals surface area contributed by atoms with E-state index in [4.69, 9.17) is 0 Å². The zero-order valence-electron chi connectivity index (χ0n) is 11.7. The van der Waals surface area contributed by atoms with Gasteiger partial charge in [-0.25, -0.2) is 0 Å². The maximum absolute atomic E-state index is 2.24. The van der Waals surface area contributed by atoms with Gasteiger partial charge >= 0.3 is 0 Å². The van der Waals surface area contributed by atoms with Crippen LogP contribution in [0.2, 0.25) is 0 Å². The average molecular weight is 288 g/mol. The standard InChI is InChI=1S/C20H17P/c1-2-10-16-21-20(18-13-7-4-8-14-18)19(15-9-1)17-11-5-3-6-12-17/h1-16,21H. The Balaban J connectivity index is 2.30. The van der Waals surface area contributed by atoms with E-state index in [9.17, 15) is 0 Å². The monoisotopic (exact) mass is 288 g/mol. The first-order valence-corrected chi connectivity index (χ1v) is 8.14. The van der Waals surface area contributed by atoms with Gasteiger partial charge in [-0.3, -0.25) is 0 Å². The molecule has 1 aromatic heterocycles. The molecular weight excluding hydrogens is 271 g/mol. The lowest BCUT2D eigenvalue weighted by molar-refractivity contribution is 1.64. The van der Waals surface area contributed by atoms with Crippen LogP contribution >= 0.6 is 8.19 Å². The topological polar surface area (TPSA) is 0 Å². The second kappa shape index (κ2) is 6.92. The molecule has 0 saturated carbocycles. The van der Waals surface area contributed by atoms with Crippen LogP contribution in [-0.4, -0.2) is 0 Å². The van der Waals surface area contributed by atoms with Gasteiger partial charge in [0.1, 0.15) is 0 Å². The summed E-state index contributed by atoms with van der Waals surface area (Å²) in [5.74, 6) is 2.24. The van der Waals surface area contributed by atoms with Crippen molar-refractivity contribution < 1.29 is 0 Å². The molecule has 1 heterocycles. The number of hydrogen-bond acceptors (Lipinski definition) is 0. The van der Waals surface area contributed by atoms with E-state index in [2.05, 4.69) is 96.8 Å². The lowest BCUT2D eigenvalue weighted by Crippen LogP contribution is -1.79. The molecule has 102 valence electrons. The summed E-state index contributed by atoms with van der Waals surface area (Å²) in [5, 5.41) is 1.39. The quantitative estimate of drug-likeness (QED) is 0.528. The molecule has 21 heavy (non-hydrogen) atoms. The lowest BCUT2D eigenvalue weighted by atomic mass is 10.0. The van der Waals surface area contributed by atoms with Gasteiger partial charge in [-0.2, -0.15) is 0 Å². The molecule has 2 aromatic carbocycles. The summed E-state index contributed by atoms with van der Waals surface area (Å²) in [4.78, 5) is 0. The highest BCUT2D eigenvalue weighted by molar-refractivity contribution is 7.33. The van der Waals surface area contributed by atoms with E-state index in [0.29, 0.717) is 8.19 Å². The number of rotatable bonds is 2. The SMILES string of the molecule is c1cccc(-c2ccccc2)c(-c2ccccc2)[pH]cc1. The molecule has 0 radical (unpaired) electrons. The summed E-state index contributed by atoms with van der Waals surface area (Å²) >= 11 is 0. The normalized spacial score (nSPS) is 10.3. The van der Waals surface area contributed by atoms with E-state index in [-0.39, 0.29) is 0 Å². The van der Waals surface area contributed by atoms with E-state index in [1.54, 1.807) is 0 Å². The van der Waals surface area contributed by atoms with E-state index >= 15 is 0 Å². The molecule has 0 N–H and O–H groups in total. The van der Waals surface area contributed by atoms with Gasteiger partial charge in [-0.15, -0.1) is 8.19 Å². The van der Waals surface area contributed by atoms with Crippen LogP contribution in [0.1, 0.15) is 0 Å². The molecule has 0 saturated heterocycles. The van der Waals surface area contributed by atoms with Gasteiger partial charge in [-0.05, 0) is 22.5 Å². The Morgan fingerprint density at radius 3 is 1.71 bits per heavy atom. The molecule has 1 unspecified atom stereocenters. The van der Waals surface area contributed by atoms with Crippen molar-refractivity contribution in [1.82, 2.24) is 0 Å². The Morgan fingerprint density at radius 1 is 0.476 bits per heavy atom. The predicted molar refractivity (Wildman–Crippen MR) is 94.4 cm³/mol. The van der Waals surface area contributed by atoms with Crippen LogP contribution in [0.3, 0.4) is 0 Å². The molecule has 1 heteroatoms. The minimum atomic E-state index is 0.657. The van der Waals surface area contributed by atoms with Crippen LogP contribution < -0.4 is 0 Å². The van der Waals surface area contributed by atoms with E-state index in [1.165, 1.54) is 22.0 Å².